The minimum Gasteiger partial charge on any atom is -0.484 e. The van der Waals surface area contributed by atoms with Crippen LogP contribution in [0.5, 0.6) is 5.75 Å². The van der Waals surface area contributed by atoms with Crippen molar-refractivity contribution in [2.24, 2.45) is 0 Å². The van der Waals surface area contributed by atoms with Gasteiger partial charge in [-0.2, -0.15) is 0 Å². The summed E-state index contributed by atoms with van der Waals surface area (Å²) < 4.78 is 5.57. The number of nitrogens with one attached hydrogen (secondary N) is 2. The molecular formula is C25H28N4O3. The monoisotopic (exact) mass is 432 g/mol. The van der Waals surface area contributed by atoms with Crippen LogP contribution in [0.2, 0.25) is 0 Å². The Kier molecular flexibility index (Phi) is 8.34. The molecule has 0 unspecified atom stereocenters. The van der Waals surface area contributed by atoms with Gasteiger partial charge in [-0.25, -0.2) is 0 Å². The lowest BCUT2D eigenvalue weighted by Gasteiger charge is -2.12. The lowest BCUT2D eigenvalue weighted by molar-refractivity contribution is -0.123. The van der Waals surface area contributed by atoms with Gasteiger partial charge in [-0.1, -0.05) is 24.3 Å². The zero-order chi connectivity index (χ0) is 22.8. The highest BCUT2D eigenvalue weighted by atomic mass is 16.5. The molecule has 2 aromatic carbocycles. The van der Waals surface area contributed by atoms with E-state index in [4.69, 9.17) is 4.74 Å². The fraction of sp³-hybridized carbons (Fsp3) is 0.240. The lowest BCUT2D eigenvalue weighted by Crippen LogP contribution is -2.34. The second-order valence-corrected chi connectivity index (χ2v) is 7.59. The Morgan fingerprint density at radius 2 is 1.66 bits per heavy atom. The van der Waals surface area contributed by atoms with Crippen LogP contribution >= 0.6 is 0 Å². The highest BCUT2D eigenvalue weighted by Gasteiger charge is 2.07. The number of nitrogens with zero attached hydrogens (tertiary/aromatic N) is 2. The number of hydrogen-bond donors (Lipinski definition) is 2. The van der Waals surface area contributed by atoms with Gasteiger partial charge < -0.3 is 20.3 Å². The van der Waals surface area contributed by atoms with Gasteiger partial charge in [-0.3, -0.25) is 14.6 Å². The first-order chi connectivity index (χ1) is 15.5. The van der Waals surface area contributed by atoms with Crippen molar-refractivity contribution in [3.05, 3.63) is 84.2 Å². The number of carbonyl (C=O) groups excluding carboxylic acids is 2. The summed E-state index contributed by atoms with van der Waals surface area (Å²) in [5.74, 6) is 0.264. The molecule has 2 amide bonds. The van der Waals surface area contributed by atoms with Gasteiger partial charge in [0.25, 0.3) is 11.8 Å². The van der Waals surface area contributed by atoms with Gasteiger partial charge in [0.1, 0.15) is 5.75 Å². The van der Waals surface area contributed by atoms with Crippen LogP contribution < -0.4 is 15.4 Å². The number of amides is 2. The normalized spacial score (nSPS) is 10.6. The molecule has 0 spiro atoms. The number of ether oxygens (including phenoxy) is 1. The van der Waals surface area contributed by atoms with Gasteiger partial charge in [0.15, 0.2) is 6.61 Å². The van der Waals surface area contributed by atoms with Crippen molar-refractivity contribution in [3.63, 3.8) is 0 Å². The van der Waals surface area contributed by atoms with Crippen molar-refractivity contribution in [1.29, 1.82) is 0 Å². The van der Waals surface area contributed by atoms with E-state index < -0.39 is 0 Å². The Morgan fingerprint density at radius 3 is 2.38 bits per heavy atom. The smallest absolute Gasteiger partial charge is 0.257 e. The molecule has 0 radical (unpaired) electrons. The van der Waals surface area contributed by atoms with Crippen molar-refractivity contribution in [2.45, 2.75) is 6.54 Å². The van der Waals surface area contributed by atoms with Gasteiger partial charge in [-0.05, 0) is 67.2 Å². The van der Waals surface area contributed by atoms with E-state index in [9.17, 15) is 9.59 Å². The Labute approximate surface area is 188 Å². The summed E-state index contributed by atoms with van der Waals surface area (Å²) in [4.78, 5) is 30.4. The highest BCUT2D eigenvalue weighted by molar-refractivity contribution is 5.94. The van der Waals surface area contributed by atoms with Gasteiger partial charge in [0.2, 0.25) is 0 Å². The minimum atomic E-state index is -0.166. The number of carbonyl (C=O) groups is 2. The van der Waals surface area contributed by atoms with Crippen LogP contribution in [0.1, 0.15) is 15.9 Å². The maximum Gasteiger partial charge on any atom is 0.257 e. The van der Waals surface area contributed by atoms with Crippen molar-refractivity contribution >= 4 is 11.8 Å². The lowest BCUT2D eigenvalue weighted by atomic mass is 10.0. The fourth-order valence-corrected chi connectivity index (χ4v) is 3.01. The number of likely N-dealkylation sites (N-methyl/N-ethyl adjacent to an activating group) is 1. The summed E-state index contributed by atoms with van der Waals surface area (Å²) in [6.07, 6.45) is 3.48. The zero-order valence-corrected chi connectivity index (χ0v) is 18.4. The maximum absolute atomic E-state index is 12.5. The van der Waals surface area contributed by atoms with E-state index >= 15 is 0 Å². The Morgan fingerprint density at radius 1 is 0.938 bits per heavy atom. The third kappa shape index (κ3) is 7.21. The van der Waals surface area contributed by atoms with Gasteiger partial charge in [0.05, 0.1) is 0 Å². The molecule has 0 aliphatic rings. The molecule has 0 bridgehead atoms. The minimum absolute atomic E-state index is 0.0485. The Balaban J connectivity index is 1.48. The van der Waals surface area contributed by atoms with E-state index in [1.165, 1.54) is 0 Å². The predicted octanol–water partition coefficient (Wildman–Crippen LogP) is 2.74. The quantitative estimate of drug-likeness (QED) is 0.515. The standard InChI is InChI=1S/C25H28N4O3/c1-29(2)15-14-27-24(30)18-32-23-5-3-4-19(16-23)17-28-25(31)22-8-6-20(7-9-22)21-10-12-26-13-11-21/h3-13,16H,14-15,17-18H2,1-2H3,(H,27,30)(H,28,31). The zero-order valence-electron chi connectivity index (χ0n) is 18.4. The van der Waals surface area contributed by atoms with Gasteiger partial charge in [0, 0.05) is 37.6 Å². The molecule has 0 saturated carbocycles. The number of benzene rings is 2. The first-order valence-electron chi connectivity index (χ1n) is 10.4. The molecular weight excluding hydrogens is 404 g/mol. The molecule has 0 atom stereocenters. The van der Waals surface area contributed by atoms with Gasteiger partial charge in [-0.15, -0.1) is 0 Å². The van der Waals surface area contributed by atoms with Crippen molar-refractivity contribution in [3.8, 4) is 16.9 Å². The molecule has 2 N–H and O–H groups in total. The number of hydrogen-bond acceptors (Lipinski definition) is 5. The van der Waals surface area contributed by atoms with E-state index in [1.807, 2.05) is 61.5 Å². The third-order valence-corrected chi connectivity index (χ3v) is 4.76. The first-order valence-corrected chi connectivity index (χ1v) is 10.4. The number of rotatable bonds is 10. The second kappa shape index (κ2) is 11.6. The second-order valence-electron chi connectivity index (χ2n) is 7.59. The van der Waals surface area contributed by atoms with E-state index in [0.717, 1.165) is 23.2 Å². The Bertz CT molecular complexity index is 1020. The third-order valence-electron chi connectivity index (χ3n) is 4.76. The summed E-state index contributed by atoms with van der Waals surface area (Å²) >= 11 is 0. The average molecular weight is 433 g/mol. The molecule has 0 aliphatic carbocycles. The molecule has 1 aromatic heterocycles. The van der Waals surface area contributed by atoms with Crippen LogP contribution in [0, 0.1) is 0 Å². The summed E-state index contributed by atoms with van der Waals surface area (Å²) in [6, 6.07) is 18.6. The van der Waals surface area contributed by atoms with Crippen LogP contribution in [0.4, 0.5) is 0 Å². The summed E-state index contributed by atoms with van der Waals surface area (Å²) in [6.45, 7) is 1.66. The van der Waals surface area contributed by atoms with Gasteiger partial charge >= 0.3 is 0 Å². The predicted molar refractivity (Wildman–Crippen MR) is 124 cm³/mol. The fourth-order valence-electron chi connectivity index (χ4n) is 3.01. The average Bonchev–Trinajstić information content (AvgIpc) is 2.82. The van der Waals surface area contributed by atoms with E-state index in [0.29, 0.717) is 24.4 Å². The van der Waals surface area contributed by atoms with Crippen LogP contribution in [-0.2, 0) is 11.3 Å². The first kappa shape index (κ1) is 23.0. The molecule has 3 rings (SSSR count). The molecule has 0 saturated heterocycles. The topological polar surface area (TPSA) is 83.6 Å². The van der Waals surface area contributed by atoms with E-state index in [2.05, 4.69) is 15.6 Å². The van der Waals surface area contributed by atoms with Crippen LogP contribution in [0.25, 0.3) is 11.1 Å². The highest BCUT2D eigenvalue weighted by Crippen LogP contribution is 2.19. The van der Waals surface area contributed by atoms with Crippen LogP contribution in [0.15, 0.2) is 73.1 Å². The van der Waals surface area contributed by atoms with Crippen LogP contribution in [-0.4, -0.2) is 55.5 Å². The summed E-state index contributed by atoms with van der Waals surface area (Å²) in [5.41, 5.74) is 3.55. The van der Waals surface area contributed by atoms with Crippen LogP contribution in [0.3, 0.4) is 0 Å². The molecule has 7 heteroatoms. The maximum atomic E-state index is 12.5. The summed E-state index contributed by atoms with van der Waals surface area (Å²) in [5, 5.41) is 5.72. The van der Waals surface area contributed by atoms with E-state index in [-0.39, 0.29) is 18.4 Å². The summed E-state index contributed by atoms with van der Waals surface area (Å²) in [7, 11) is 3.90. The molecule has 7 nitrogen and oxygen atoms in total. The van der Waals surface area contributed by atoms with Crippen molar-refractivity contribution < 1.29 is 14.3 Å². The molecule has 32 heavy (non-hydrogen) atoms. The molecule has 1 heterocycles. The molecule has 0 aliphatic heterocycles. The Hall–Kier alpha value is -3.71. The number of pyridine rings is 1. The molecule has 166 valence electrons. The number of aromatic nitrogens is 1. The van der Waals surface area contributed by atoms with Crippen molar-refractivity contribution in [1.82, 2.24) is 20.5 Å². The van der Waals surface area contributed by atoms with E-state index in [1.54, 1.807) is 30.6 Å². The molecule has 0 fully saturated rings. The largest absolute Gasteiger partial charge is 0.484 e. The van der Waals surface area contributed by atoms with Crippen molar-refractivity contribution in [2.75, 3.05) is 33.8 Å². The SMILES string of the molecule is CN(C)CCNC(=O)COc1cccc(CNC(=O)c2ccc(-c3ccncc3)cc2)c1. The molecule has 3 aromatic rings.